The van der Waals surface area contributed by atoms with Crippen LogP contribution in [0, 0.1) is 12.3 Å². The number of nitrogens with one attached hydrogen (secondary N) is 2. The van der Waals surface area contributed by atoms with Gasteiger partial charge in [-0.3, -0.25) is 4.79 Å². The summed E-state index contributed by atoms with van der Waals surface area (Å²) in [5.41, 5.74) is 0. The Morgan fingerprint density at radius 1 is 1.25 bits per heavy atom. The van der Waals surface area contributed by atoms with E-state index in [0.717, 1.165) is 32.1 Å². The quantitative estimate of drug-likeness (QED) is 0.365. The molecule has 1 fully saturated rings. The maximum Gasteiger partial charge on any atom is 0.407 e. The summed E-state index contributed by atoms with van der Waals surface area (Å²) in [7, 11) is 0. The predicted molar refractivity (Wildman–Crippen MR) is 77.1 cm³/mol. The zero-order chi connectivity index (χ0) is 14.6. The SMILES string of the molecule is C#CCCCCCCCCCOC(=O)NC1CNC1=O. The molecule has 1 unspecified atom stereocenters. The van der Waals surface area contributed by atoms with E-state index in [1.54, 1.807) is 0 Å². The number of hydrogen-bond acceptors (Lipinski definition) is 3. The molecule has 0 bridgehead atoms. The summed E-state index contributed by atoms with van der Waals surface area (Å²) in [6, 6.07) is -0.412. The van der Waals surface area contributed by atoms with Gasteiger partial charge in [0.05, 0.1) is 6.61 Å². The van der Waals surface area contributed by atoms with Crippen molar-refractivity contribution >= 4 is 12.0 Å². The van der Waals surface area contributed by atoms with Gasteiger partial charge < -0.3 is 15.4 Å². The van der Waals surface area contributed by atoms with Crippen molar-refractivity contribution in [2.45, 2.75) is 57.4 Å². The maximum absolute atomic E-state index is 11.3. The highest BCUT2D eigenvalue weighted by Gasteiger charge is 2.29. The number of carbonyl (C=O) groups excluding carboxylic acids is 2. The van der Waals surface area contributed by atoms with Gasteiger partial charge in [-0.2, -0.15) is 0 Å². The van der Waals surface area contributed by atoms with Crippen LogP contribution in [0.1, 0.15) is 51.4 Å². The van der Waals surface area contributed by atoms with E-state index in [4.69, 9.17) is 11.2 Å². The lowest BCUT2D eigenvalue weighted by atomic mass is 10.1. The molecule has 2 N–H and O–H groups in total. The minimum Gasteiger partial charge on any atom is -0.450 e. The Morgan fingerprint density at radius 3 is 2.45 bits per heavy atom. The average molecular weight is 280 g/mol. The van der Waals surface area contributed by atoms with E-state index in [1.807, 2.05) is 0 Å². The smallest absolute Gasteiger partial charge is 0.407 e. The van der Waals surface area contributed by atoms with Gasteiger partial charge in [0.15, 0.2) is 0 Å². The zero-order valence-electron chi connectivity index (χ0n) is 12.0. The van der Waals surface area contributed by atoms with Gasteiger partial charge in [0.2, 0.25) is 5.91 Å². The molecule has 1 rings (SSSR count). The Hall–Kier alpha value is -1.70. The molecule has 5 nitrogen and oxygen atoms in total. The van der Waals surface area contributed by atoms with Crippen molar-refractivity contribution in [1.29, 1.82) is 0 Å². The molecule has 1 saturated heterocycles. The van der Waals surface area contributed by atoms with Crippen molar-refractivity contribution < 1.29 is 14.3 Å². The third-order valence-corrected chi connectivity index (χ3v) is 3.29. The fourth-order valence-corrected chi connectivity index (χ4v) is 1.97. The highest BCUT2D eigenvalue weighted by atomic mass is 16.5. The molecule has 112 valence electrons. The number of β-lactam (4-membered cyclic amide) rings is 1. The van der Waals surface area contributed by atoms with Gasteiger partial charge in [-0.1, -0.05) is 32.1 Å². The van der Waals surface area contributed by atoms with Gasteiger partial charge >= 0.3 is 6.09 Å². The lowest BCUT2D eigenvalue weighted by Gasteiger charge is -2.26. The minimum absolute atomic E-state index is 0.146. The Labute approximate surface area is 120 Å². The molecule has 0 saturated carbocycles. The molecule has 5 heteroatoms. The zero-order valence-corrected chi connectivity index (χ0v) is 12.0. The summed E-state index contributed by atoms with van der Waals surface area (Å²) in [6.07, 6.45) is 13.4. The first-order valence-electron chi connectivity index (χ1n) is 7.38. The topological polar surface area (TPSA) is 67.4 Å². The molecule has 20 heavy (non-hydrogen) atoms. The molecule has 2 amide bonds. The monoisotopic (exact) mass is 280 g/mol. The fraction of sp³-hybridized carbons (Fsp3) is 0.733. The second kappa shape index (κ2) is 10.1. The minimum atomic E-state index is -0.501. The van der Waals surface area contributed by atoms with E-state index in [1.165, 1.54) is 19.3 Å². The number of carbonyl (C=O) groups is 2. The van der Waals surface area contributed by atoms with Crippen molar-refractivity contribution in [2.24, 2.45) is 0 Å². The first-order valence-corrected chi connectivity index (χ1v) is 7.38. The molecular formula is C15H24N2O3. The molecule has 0 spiro atoms. The Balaban J connectivity index is 1.81. The lowest BCUT2D eigenvalue weighted by molar-refractivity contribution is -0.128. The van der Waals surface area contributed by atoms with Gasteiger partial charge in [-0.15, -0.1) is 12.3 Å². The molecular weight excluding hydrogens is 256 g/mol. The van der Waals surface area contributed by atoms with E-state index < -0.39 is 12.1 Å². The van der Waals surface area contributed by atoms with Crippen LogP contribution in [0.25, 0.3) is 0 Å². The van der Waals surface area contributed by atoms with Crippen molar-refractivity contribution in [2.75, 3.05) is 13.2 Å². The molecule has 0 radical (unpaired) electrons. The van der Waals surface area contributed by atoms with Gasteiger partial charge in [0, 0.05) is 13.0 Å². The van der Waals surface area contributed by atoms with Crippen LogP contribution in [0.15, 0.2) is 0 Å². The van der Waals surface area contributed by atoms with Crippen LogP contribution in [-0.4, -0.2) is 31.2 Å². The number of ether oxygens (including phenoxy) is 1. The molecule has 1 heterocycles. The predicted octanol–water partition coefficient (Wildman–Crippen LogP) is 1.96. The molecule has 0 aromatic carbocycles. The second-order valence-corrected chi connectivity index (χ2v) is 5.01. The van der Waals surface area contributed by atoms with Crippen molar-refractivity contribution in [3.05, 3.63) is 0 Å². The van der Waals surface area contributed by atoms with Gasteiger partial charge in [0.25, 0.3) is 0 Å². The van der Waals surface area contributed by atoms with E-state index in [-0.39, 0.29) is 5.91 Å². The first kappa shape index (κ1) is 16.4. The summed E-state index contributed by atoms with van der Waals surface area (Å²) in [5.74, 6) is 2.50. The number of amides is 2. The van der Waals surface area contributed by atoms with Crippen LogP contribution in [-0.2, 0) is 9.53 Å². The van der Waals surface area contributed by atoms with E-state index in [2.05, 4.69) is 16.6 Å². The third-order valence-electron chi connectivity index (χ3n) is 3.29. The van der Waals surface area contributed by atoms with Crippen molar-refractivity contribution in [3.8, 4) is 12.3 Å². The molecule has 1 aliphatic rings. The fourth-order valence-electron chi connectivity index (χ4n) is 1.97. The van der Waals surface area contributed by atoms with Crippen LogP contribution in [0.2, 0.25) is 0 Å². The number of terminal acetylenes is 1. The molecule has 0 aromatic heterocycles. The number of hydrogen-bond donors (Lipinski definition) is 2. The highest BCUT2D eigenvalue weighted by Crippen LogP contribution is 2.08. The van der Waals surface area contributed by atoms with Crippen molar-refractivity contribution in [1.82, 2.24) is 10.6 Å². The summed E-state index contributed by atoms with van der Waals surface area (Å²) < 4.78 is 5.00. The molecule has 0 aliphatic carbocycles. The summed E-state index contributed by atoms with van der Waals surface area (Å²) in [4.78, 5) is 22.2. The largest absolute Gasteiger partial charge is 0.450 e. The van der Waals surface area contributed by atoms with Gasteiger partial charge in [0.1, 0.15) is 6.04 Å². The van der Waals surface area contributed by atoms with Crippen LogP contribution < -0.4 is 10.6 Å². The van der Waals surface area contributed by atoms with Crippen LogP contribution in [0.4, 0.5) is 4.79 Å². The van der Waals surface area contributed by atoms with Crippen LogP contribution in [0.3, 0.4) is 0 Å². The molecule has 0 aromatic rings. The first-order chi connectivity index (χ1) is 9.74. The second-order valence-electron chi connectivity index (χ2n) is 5.01. The Morgan fingerprint density at radius 2 is 1.90 bits per heavy atom. The number of unbranched alkanes of at least 4 members (excludes halogenated alkanes) is 7. The van der Waals surface area contributed by atoms with Crippen LogP contribution >= 0.6 is 0 Å². The normalized spacial score (nSPS) is 16.8. The lowest BCUT2D eigenvalue weighted by Crippen LogP contribution is -2.61. The summed E-state index contributed by atoms with van der Waals surface area (Å²) in [5, 5.41) is 5.06. The average Bonchev–Trinajstić information content (AvgIpc) is 2.45. The third kappa shape index (κ3) is 7.03. The summed E-state index contributed by atoms with van der Waals surface area (Å²) in [6.45, 7) is 0.908. The van der Waals surface area contributed by atoms with Crippen molar-refractivity contribution in [3.63, 3.8) is 0 Å². The standard InChI is InChI=1S/C15H24N2O3/c1-2-3-4-5-6-7-8-9-10-11-20-15(19)17-13-12-16-14(13)18/h1,13H,3-12H2,(H,16,18)(H,17,19). The van der Waals surface area contributed by atoms with Gasteiger partial charge in [-0.25, -0.2) is 4.79 Å². The van der Waals surface area contributed by atoms with Crippen LogP contribution in [0.5, 0.6) is 0 Å². The highest BCUT2D eigenvalue weighted by molar-refractivity contribution is 5.90. The van der Waals surface area contributed by atoms with E-state index in [9.17, 15) is 9.59 Å². The Kier molecular flexibility index (Phi) is 8.28. The Bertz CT molecular complexity index is 350. The number of rotatable bonds is 10. The molecule has 1 aliphatic heterocycles. The van der Waals surface area contributed by atoms with Gasteiger partial charge in [-0.05, 0) is 12.8 Å². The maximum atomic E-state index is 11.3. The summed E-state index contributed by atoms with van der Waals surface area (Å²) >= 11 is 0. The van der Waals surface area contributed by atoms with E-state index in [0.29, 0.717) is 13.2 Å². The number of alkyl carbamates (subject to hydrolysis) is 1. The van der Waals surface area contributed by atoms with E-state index >= 15 is 0 Å². The molecule has 1 atom stereocenters.